The molecule has 32 heavy (non-hydrogen) atoms. The number of esters is 1. The largest absolute Gasteiger partial charge is 0.505 e. The number of hydrogen-bond donors (Lipinski definition) is 3. The van der Waals surface area contributed by atoms with Gasteiger partial charge >= 0.3 is 12.1 Å². The van der Waals surface area contributed by atoms with Gasteiger partial charge in [0.15, 0.2) is 17.7 Å². The van der Waals surface area contributed by atoms with Crippen LogP contribution in [-0.2, 0) is 19.0 Å². The van der Waals surface area contributed by atoms with Crippen LogP contribution in [0, 0.1) is 5.82 Å². The smallest absolute Gasteiger partial charge is 0.412 e. The van der Waals surface area contributed by atoms with Crippen molar-refractivity contribution in [3.63, 3.8) is 0 Å². The molecule has 2 aromatic rings. The molecular formula is C22H26FNO6S2. The number of ether oxygens (including phenoxy) is 3. The van der Waals surface area contributed by atoms with Crippen molar-refractivity contribution >= 4 is 42.1 Å². The Morgan fingerprint density at radius 3 is 2.53 bits per heavy atom. The molecule has 0 aliphatic rings. The van der Waals surface area contributed by atoms with Gasteiger partial charge in [-0.05, 0) is 55.1 Å². The molecule has 1 amide bonds. The molecule has 7 nitrogen and oxygen atoms in total. The van der Waals surface area contributed by atoms with E-state index in [2.05, 4.69) is 17.9 Å². The van der Waals surface area contributed by atoms with E-state index in [1.54, 1.807) is 30.8 Å². The Kier molecular flexibility index (Phi) is 10.6. The van der Waals surface area contributed by atoms with Crippen LogP contribution in [0.5, 0.6) is 5.75 Å². The lowest BCUT2D eigenvalue weighted by Gasteiger charge is -2.27. The third-order valence-corrected chi connectivity index (χ3v) is 5.39. The minimum atomic E-state index is -1.02. The van der Waals surface area contributed by atoms with Gasteiger partial charge in [0, 0.05) is 23.6 Å². The predicted molar refractivity (Wildman–Crippen MR) is 124 cm³/mol. The third kappa shape index (κ3) is 7.92. The van der Waals surface area contributed by atoms with Crippen molar-refractivity contribution < 1.29 is 33.3 Å². The number of carbonyl (C=O) groups is 2. The fraction of sp³-hybridized carbons (Fsp3) is 0.364. The fourth-order valence-corrected chi connectivity index (χ4v) is 3.37. The number of halogens is 1. The van der Waals surface area contributed by atoms with Gasteiger partial charge in [0.2, 0.25) is 0 Å². The second-order valence-electron chi connectivity index (χ2n) is 6.55. The minimum absolute atomic E-state index is 0.00223. The molecule has 0 saturated carbocycles. The summed E-state index contributed by atoms with van der Waals surface area (Å²) < 4.78 is 30.4. The van der Waals surface area contributed by atoms with Crippen molar-refractivity contribution in [3.8, 4) is 5.75 Å². The highest BCUT2D eigenvalue weighted by atomic mass is 32.2. The molecule has 0 aliphatic heterocycles. The van der Waals surface area contributed by atoms with E-state index in [1.165, 1.54) is 12.1 Å². The molecule has 0 bridgehead atoms. The number of anilines is 1. The molecule has 0 unspecified atom stereocenters. The zero-order valence-electron chi connectivity index (χ0n) is 17.7. The Morgan fingerprint density at radius 1 is 1.22 bits per heavy atom. The van der Waals surface area contributed by atoms with Crippen LogP contribution in [0.15, 0.2) is 47.4 Å². The summed E-state index contributed by atoms with van der Waals surface area (Å²) in [5.41, 5.74) is 0.811. The molecule has 2 rings (SSSR count). The van der Waals surface area contributed by atoms with Crippen molar-refractivity contribution in [2.24, 2.45) is 0 Å². The second-order valence-corrected chi connectivity index (χ2v) is 7.75. The lowest BCUT2D eigenvalue weighted by Crippen LogP contribution is -2.30. The van der Waals surface area contributed by atoms with Crippen LogP contribution in [0.3, 0.4) is 0 Å². The molecule has 0 aromatic heterocycles. The van der Waals surface area contributed by atoms with E-state index in [0.29, 0.717) is 5.69 Å². The van der Waals surface area contributed by atoms with Crippen LogP contribution < -0.4 is 5.32 Å². The van der Waals surface area contributed by atoms with Gasteiger partial charge in [-0.2, -0.15) is 12.6 Å². The van der Waals surface area contributed by atoms with Crippen molar-refractivity contribution in [1.29, 1.82) is 0 Å². The van der Waals surface area contributed by atoms with Crippen molar-refractivity contribution in [2.75, 3.05) is 30.5 Å². The Morgan fingerprint density at radius 2 is 1.94 bits per heavy atom. The highest BCUT2D eigenvalue weighted by Crippen LogP contribution is 2.30. The molecule has 2 N–H and O–H groups in total. The van der Waals surface area contributed by atoms with Crippen LogP contribution in [0.25, 0.3) is 0 Å². The molecule has 10 heteroatoms. The Hall–Kier alpha value is -2.43. The van der Waals surface area contributed by atoms with Crippen LogP contribution >= 0.6 is 24.4 Å². The van der Waals surface area contributed by atoms with Crippen molar-refractivity contribution in [2.45, 2.75) is 30.4 Å². The summed E-state index contributed by atoms with van der Waals surface area (Å²) in [6.07, 6.45) is -0.390. The zero-order chi connectivity index (χ0) is 23.5. The molecule has 0 radical (unpaired) electrons. The van der Waals surface area contributed by atoms with Crippen LogP contribution in [0.2, 0.25) is 0 Å². The number of phenols is 1. The Bertz CT molecular complexity index is 896. The number of benzene rings is 2. The van der Waals surface area contributed by atoms with E-state index in [9.17, 15) is 19.1 Å². The molecule has 2 aromatic carbocycles. The Balaban J connectivity index is 2.21. The van der Waals surface area contributed by atoms with Gasteiger partial charge in [-0.3, -0.25) is 10.1 Å². The highest BCUT2D eigenvalue weighted by molar-refractivity contribution is 7.98. The number of hydrogen-bond acceptors (Lipinski definition) is 8. The maximum absolute atomic E-state index is 14.0. The van der Waals surface area contributed by atoms with E-state index in [1.807, 2.05) is 18.4 Å². The van der Waals surface area contributed by atoms with Gasteiger partial charge in [-0.1, -0.05) is 6.07 Å². The average molecular weight is 484 g/mol. The molecule has 2 atom stereocenters. The quantitative estimate of drug-likeness (QED) is 0.240. The number of thioether (sulfide) groups is 1. The van der Waals surface area contributed by atoms with Gasteiger partial charge in [0.1, 0.15) is 6.10 Å². The topological polar surface area (TPSA) is 94.1 Å². The summed E-state index contributed by atoms with van der Waals surface area (Å²) in [4.78, 5) is 25.0. The zero-order valence-corrected chi connectivity index (χ0v) is 19.5. The van der Waals surface area contributed by atoms with Gasteiger partial charge in [-0.15, -0.1) is 11.8 Å². The predicted octanol–water partition coefficient (Wildman–Crippen LogP) is 4.81. The first-order valence-electron chi connectivity index (χ1n) is 9.86. The molecule has 0 aliphatic carbocycles. The number of phenolic OH excluding ortho intramolecular Hbond substituents is 1. The molecule has 0 spiro atoms. The Labute approximate surface area is 196 Å². The van der Waals surface area contributed by atoms with E-state index < -0.39 is 35.8 Å². The summed E-state index contributed by atoms with van der Waals surface area (Å²) in [7, 11) is 0. The number of carbonyl (C=O) groups excluding carboxylic acids is 2. The van der Waals surface area contributed by atoms with Crippen molar-refractivity contribution in [3.05, 3.63) is 53.8 Å². The van der Waals surface area contributed by atoms with Gasteiger partial charge < -0.3 is 19.3 Å². The average Bonchev–Trinajstić information content (AvgIpc) is 2.79. The first-order chi connectivity index (χ1) is 15.4. The lowest BCUT2D eigenvalue weighted by molar-refractivity contribution is -0.142. The number of amides is 1. The lowest BCUT2D eigenvalue weighted by atomic mass is 10.0. The maximum Gasteiger partial charge on any atom is 0.412 e. The van der Waals surface area contributed by atoms with Crippen LogP contribution in [-0.4, -0.2) is 48.5 Å². The summed E-state index contributed by atoms with van der Waals surface area (Å²) in [6.45, 7) is 2.04. The molecule has 0 fully saturated rings. The monoisotopic (exact) mass is 483 g/mol. The van der Waals surface area contributed by atoms with Gasteiger partial charge in [0.25, 0.3) is 0 Å². The number of thiol groups is 1. The number of nitrogens with one attached hydrogen (secondary N) is 1. The third-order valence-electron chi connectivity index (χ3n) is 4.38. The first-order valence-corrected chi connectivity index (χ1v) is 11.7. The standard InChI is InChI=1S/C22H26FNO6S2/c1-3-28-19(10-11-29-20(26)13-31)21(14-4-9-18(25)17(23)12-14)30-22(27)24-15-5-7-16(32-2)8-6-15/h4-9,12,19,21,25,31H,3,10-11,13H2,1-2H3,(H,24,27)/t19-,21-/m1/s1. The SMILES string of the molecule is CCO[C@H](CCOC(=O)CS)[C@H](OC(=O)Nc1ccc(SC)cc1)c1ccc(O)c(F)c1. The van der Waals surface area contributed by atoms with E-state index in [0.717, 1.165) is 11.0 Å². The van der Waals surface area contributed by atoms with Gasteiger partial charge in [-0.25, -0.2) is 9.18 Å². The fourth-order valence-electron chi connectivity index (χ4n) is 2.87. The highest BCUT2D eigenvalue weighted by Gasteiger charge is 2.29. The van der Waals surface area contributed by atoms with Gasteiger partial charge in [0.05, 0.1) is 12.4 Å². The number of aromatic hydroxyl groups is 1. The first kappa shape index (κ1) is 25.8. The molecule has 174 valence electrons. The molecule has 0 saturated heterocycles. The molecular weight excluding hydrogens is 457 g/mol. The van der Waals surface area contributed by atoms with E-state index >= 15 is 0 Å². The summed E-state index contributed by atoms with van der Waals surface area (Å²) >= 11 is 5.43. The normalized spacial score (nSPS) is 12.6. The minimum Gasteiger partial charge on any atom is -0.505 e. The summed E-state index contributed by atoms with van der Waals surface area (Å²) in [5.74, 6) is -1.95. The van der Waals surface area contributed by atoms with Crippen molar-refractivity contribution in [1.82, 2.24) is 0 Å². The van der Waals surface area contributed by atoms with Crippen LogP contribution in [0.1, 0.15) is 25.0 Å². The van der Waals surface area contributed by atoms with E-state index in [-0.39, 0.29) is 31.0 Å². The van der Waals surface area contributed by atoms with E-state index in [4.69, 9.17) is 14.2 Å². The summed E-state index contributed by atoms with van der Waals surface area (Å²) in [5, 5.41) is 12.2. The second kappa shape index (κ2) is 13.2. The maximum atomic E-state index is 14.0. The molecule has 0 heterocycles. The number of rotatable bonds is 11. The van der Waals surface area contributed by atoms with Crippen LogP contribution in [0.4, 0.5) is 14.9 Å². The summed E-state index contributed by atoms with van der Waals surface area (Å²) in [6, 6.07) is 10.9.